The van der Waals surface area contributed by atoms with Crippen molar-refractivity contribution in [1.29, 1.82) is 0 Å². The van der Waals surface area contributed by atoms with Crippen LogP contribution in [-0.4, -0.2) is 11.2 Å². The Hall–Kier alpha value is -1.70. The number of rotatable bonds is 0. The van der Waals surface area contributed by atoms with E-state index in [4.69, 9.17) is 4.74 Å². The van der Waals surface area contributed by atoms with Gasteiger partial charge in [0.2, 0.25) is 0 Å². The highest BCUT2D eigenvalue weighted by Gasteiger charge is 2.31. The van der Waals surface area contributed by atoms with Crippen LogP contribution in [-0.2, 0) is 6.54 Å². The van der Waals surface area contributed by atoms with Crippen molar-refractivity contribution in [2.45, 2.75) is 25.8 Å². The van der Waals surface area contributed by atoms with Crippen LogP contribution in [0.4, 0.5) is 0 Å². The van der Waals surface area contributed by atoms with Crippen LogP contribution < -0.4 is 4.74 Å². The number of nitrogens with zero attached hydrogens (tertiary/aromatic N) is 1. The summed E-state index contributed by atoms with van der Waals surface area (Å²) in [5, 5.41) is 0. The predicted molar refractivity (Wildman–Crippen MR) is 67.5 cm³/mol. The Labute approximate surface area is 101 Å². The molecule has 2 aromatic rings. The Morgan fingerprint density at radius 2 is 2.24 bits per heavy atom. The molecule has 0 saturated carbocycles. The molecule has 0 fully saturated rings. The summed E-state index contributed by atoms with van der Waals surface area (Å²) in [5.74, 6) is 1.69. The first-order valence-corrected chi connectivity index (χ1v) is 6.26. The number of aryl methyl sites for hydroxylation is 2. The quantitative estimate of drug-likeness (QED) is 0.670. The molecular formula is C15H15NO. The molecule has 0 amide bonds. The number of ether oxygens (including phenoxy) is 1. The van der Waals surface area contributed by atoms with Crippen molar-refractivity contribution in [3.63, 3.8) is 0 Å². The van der Waals surface area contributed by atoms with Gasteiger partial charge < -0.3 is 9.30 Å². The van der Waals surface area contributed by atoms with Gasteiger partial charge in [0.15, 0.2) is 0 Å². The fraction of sp³-hybridized carbons (Fsp3) is 0.333. The smallest absolute Gasteiger partial charge is 0.123 e. The molecule has 3 heterocycles. The summed E-state index contributed by atoms with van der Waals surface area (Å²) in [4.78, 5) is 0. The zero-order valence-corrected chi connectivity index (χ0v) is 9.94. The average molecular weight is 225 g/mol. The van der Waals surface area contributed by atoms with Gasteiger partial charge in [-0.05, 0) is 37.1 Å². The Bertz CT molecular complexity index is 597. The third kappa shape index (κ3) is 1.15. The van der Waals surface area contributed by atoms with Crippen molar-refractivity contribution in [3.05, 3.63) is 41.6 Å². The molecule has 0 aliphatic carbocycles. The van der Waals surface area contributed by atoms with Gasteiger partial charge in [-0.3, -0.25) is 0 Å². The van der Waals surface area contributed by atoms with E-state index in [2.05, 4.69) is 42.0 Å². The van der Waals surface area contributed by atoms with E-state index in [1.165, 1.54) is 28.8 Å². The zero-order chi connectivity index (χ0) is 11.4. The van der Waals surface area contributed by atoms with Crippen LogP contribution in [0, 0.1) is 6.92 Å². The highest BCUT2D eigenvalue weighted by Crippen LogP contribution is 2.46. The Morgan fingerprint density at radius 3 is 3.18 bits per heavy atom. The Morgan fingerprint density at radius 1 is 1.29 bits per heavy atom. The molecule has 1 atom stereocenters. The highest BCUT2D eigenvalue weighted by molar-refractivity contribution is 5.73. The molecule has 2 nitrogen and oxygen atoms in total. The van der Waals surface area contributed by atoms with E-state index in [0.29, 0.717) is 5.92 Å². The van der Waals surface area contributed by atoms with Crippen molar-refractivity contribution < 1.29 is 4.74 Å². The van der Waals surface area contributed by atoms with Gasteiger partial charge in [-0.25, -0.2) is 0 Å². The third-order valence-corrected chi connectivity index (χ3v) is 4.07. The van der Waals surface area contributed by atoms with Crippen molar-refractivity contribution in [1.82, 2.24) is 4.57 Å². The van der Waals surface area contributed by atoms with E-state index in [1.54, 1.807) is 0 Å². The van der Waals surface area contributed by atoms with E-state index in [9.17, 15) is 0 Å². The van der Waals surface area contributed by atoms with E-state index in [1.807, 2.05) is 0 Å². The molecule has 1 aromatic heterocycles. The van der Waals surface area contributed by atoms with Gasteiger partial charge in [0, 0.05) is 35.5 Å². The molecule has 1 unspecified atom stereocenters. The maximum atomic E-state index is 5.82. The van der Waals surface area contributed by atoms with Gasteiger partial charge in [0.05, 0.1) is 6.61 Å². The predicted octanol–water partition coefficient (Wildman–Crippen LogP) is 3.34. The number of benzene rings is 1. The molecule has 2 aliphatic heterocycles. The van der Waals surface area contributed by atoms with E-state index in [0.717, 1.165) is 18.9 Å². The Balaban J connectivity index is 2.10. The second-order valence-electron chi connectivity index (χ2n) is 5.05. The normalized spacial score (nSPS) is 20.4. The minimum atomic E-state index is 0.583. The molecular weight excluding hydrogens is 210 g/mol. The van der Waals surface area contributed by atoms with Gasteiger partial charge >= 0.3 is 0 Å². The maximum Gasteiger partial charge on any atom is 0.123 e. The monoisotopic (exact) mass is 225 g/mol. The third-order valence-electron chi connectivity index (χ3n) is 4.07. The first kappa shape index (κ1) is 9.34. The van der Waals surface area contributed by atoms with Crippen LogP contribution in [0.5, 0.6) is 5.75 Å². The van der Waals surface area contributed by atoms with E-state index >= 15 is 0 Å². The van der Waals surface area contributed by atoms with Crippen LogP contribution in [0.1, 0.15) is 23.5 Å². The molecule has 4 rings (SSSR count). The van der Waals surface area contributed by atoms with Crippen LogP contribution >= 0.6 is 0 Å². The number of hydrogen-bond acceptors (Lipinski definition) is 1. The molecule has 0 saturated heterocycles. The lowest BCUT2D eigenvalue weighted by Gasteiger charge is -2.11. The lowest BCUT2D eigenvalue weighted by Crippen LogP contribution is -2.03. The fourth-order valence-corrected chi connectivity index (χ4v) is 3.21. The Kier molecular flexibility index (Phi) is 1.74. The number of aromatic nitrogens is 1. The standard InChI is InChI=1S/C15H15NO/c1-10-4-5-13-15-11(9-17-13)6-8-16-7-2-3-12(16)14(10)15/h2-5,7,11H,6,8-9H2,1H3. The van der Waals surface area contributed by atoms with E-state index < -0.39 is 0 Å². The first-order chi connectivity index (χ1) is 8.34. The largest absolute Gasteiger partial charge is 0.493 e. The SMILES string of the molecule is Cc1ccc2c3c1-c1cccn1CCC3CO2. The van der Waals surface area contributed by atoms with Gasteiger partial charge in [-0.1, -0.05) is 6.07 Å². The molecule has 2 heteroatoms. The lowest BCUT2D eigenvalue weighted by atomic mass is 9.90. The summed E-state index contributed by atoms with van der Waals surface area (Å²) in [6.45, 7) is 4.16. The van der Waals surface area contributed by atoms with Crippen LogP contribution in [0.25, 0.3) is 11.3 Å². The summed E-state index contributed by atoms with van der Waals surface area (Å²) < 4.78 is 8.19. The van der Waals surface area contributed by atoms with Crippen molar-refractivity contribution in [2.24, 2.45) is 0 Å². The molecule has 1 aromatic carbocycles. The van der Waals surface area contributed by atoms with Crippen molar-refractivity contribution >= 4 is 0 Å². The molecule has 0 radical (unpaired) electrons. The van der Waals surface area contributed by atoms with Crippen LogP contribution in [0.15, 0.2) is 30.5 Å². The zero-order valence-electron chi connectivity index (χ0n) is 9.94. The minimum Gasteiger partial charge on any atom is -0.493 e. The van der Waals surface area contributed by atoms with Gasteiger partial charge in [-0.15, -0.1) is 0 Å². The summed E-state index contributed by atoms with van der Waals surface area (Å²) in [7, 11) is 0. The van der Waals surface area contributed by atoms with Crippen molar-refractivity contribution in [3.8, 4) is 17.0 Å². The molecule has 2 aliphatic rings. The minimum absolute atomic E-state index is 0.583. The van der Waals surface area contributed by atoms with Crippen LogP contribution in [0.2, 0.25) is 0 Å². The lowest BCUT2D eigenvalue weighted by molar-refractivity contribution is 0.321. The molecule has 17 heavy (non-hydrogen) atoms. The van der Waals surface area contributed by atoms with Gasteiger partial charge in [0.1, 0.15) is 5.75 Å². The molecule has 0 spiro atoms. The number of hydrogen-bond donors (Lipinski definition) is 0. The highest BCUT2D eigenvalue weighted by atomic mass is 16.5. The second kappa shape index (κ2) is 3.16. The summed E-state index contributed by atoms with van der Waals surface area (Å²) in [5.41, 5.74) is 5.57. The summed E-state index contributed by atoms with van der Waals surface area (Å²) >= 11 is 0. The van der Waals surface area contributed by atoms with E-state index in [-0.39, 0.29) is 0 Å². The molecule has 0 bridgehead atoms. The van der Waals surface area contributed by atoms with Crippen LogP contribution in [0.3, 0.4) is 0 Å². The molecule has 86 valence electrons. The van der Waals surface area contributed by atoms with Crippen molar-refractivity contribution in [2.75, 3.05) is 6.61 Å². The summed E-state index contributed by atoms with van der Waals surface area (Å²) in [6.07, 6.45) is 3.38. The van der Waals surface area contributed by atoms with Gasteiger partial charge in [-0.2, -0.15) is 0 Å². The summed E-state index contributed by atoms with van der Waals surface area (Å²) in [6, 6.07) is 8.68. The second-order valence-corrected chi connectivity index (χ2v) is 5.05. The topological polar surface area (TPSA) is 14.2 Å². The number of fused-ring (bicyclic) bond motifs is 2. The van der Waals surface area contributed by atoms with Gasteiger partial charge in [0.25, 0.3) is 0 Å². The first-order valence-electron chi connectivity index (χ1n) is 6.26. The fourth-order valence-electron chi connectivity index (χ4n) is 3.21. The average Bonchev–Trinajstić information content (AvgIpc) is 2.90. The maximum absolute atomic E-state index is 5.82. The molecule has 0 N–H and O–H groups in total.